The van der Waals surface area contributed by atoms with Gasteiger partial charge in [0.25, 0.3) is 0 Å². The van der Waals surface area contributed by atoms with Crippen LogP contribution in [0, 0.1) is 6.92 Å². The van der Waals surface area contributed by atoms with E-state index < -0.39 is 10.0 Å². The molecule has 0 aliphatic carbocycles. The third kappa shape index (κ3) is 2.76. The van der Waals surface area contributed by atoms with Crippen LogP contribution in [0.1, 0.15) is 19.4 Å². The Bertz CT molecular complexity index is 510. The summed E-state index contributed by atoms with van der Waals surface area (Å²) in [6.45, 7) is 6.11. The highest BCUT2D eigenvalue weighted by Crippen LogP contribution is 2.31. The average molecular weight is 296 g/mol. The molecule has 0 aliphatic heterocycles. The van der Waals surface area contributed by atoms with E-state index in [9.17, 15) is 8.42 Å². The Hall–Kier alpha value is -0.290. The minimum atomic E-state index is -3.53. The Morgan fingerprint density at radius 1 is 1.18 bits per heavy atom. The number of hydrogen-bond donors (Lipinski definition) is 0. The lowest BCUT2D eigenvalue weighted by atomic mass is 10.2. The fourth-order valence-corrected chi connectivity index (χ4v) is 3.78. The van der Waals surface area contributed by atoms with Crippen LogP contribution >= 0.6 is 23.2 Å². The van der Waals surface area contributed by atoms with Gasteiger partial charge in [-0.2, -0.15) is 4.31 Å². The van der Waals surface area contributed by atoms with Crippen LogP contribution in [-0.4, -0.2) is 25.8 Å². The monoisotopic (exact) mass is 295 g/mol. The maximum atomic E-state index is 12.3. The van der Waals surface area contributed by atoms with Gasteiger partial charge in [-0.05, 0) is 24.6 Å². The summed E-state index contributed by atoms with van der Waals surface area (Å²) in [6, 6.07) is 3.00. The Balaban J connectivity index is 3.40. The van der Waals surface area contributed by atoms with Gasteiger partial charge in [-0.3, -0.25) is 0 Å². The lowest BCUT2D eigenvalue weighted by Gasteiger charge is -2.19. The summed E-state index contributed by atoms with van der Waals surface area (Å²) in [4.78, 5) is 0.116. The smallest absolute Gasteiger partial charge is 0.207 e. The average Bonchev–Trinajstić information content (AvgIpc) is 2.27. The lowest BCUT2D eigenvalue weighted by Crippen LogP contribution is -2.30. The SMILES string of the molecule is CCN(CC)S(=O)(=O)c1ccc(Cl)c(C)c1Cl. The van der Waals surface area contributed by atoms with E-state index >= 15 is 0 Å². The summed E-state index contributed by atoms with van der Waals surface area (Å²) in [7, 11) is -3.53. The molecule has 0 N–H and O–H groups in total. The van der Waals surface area contributed by atoms with E-state index in [1.54, 1.807) is 26.8 Å². The molecule has 0 heterocycles. The van der Waals surface area contributed by atoms with Crippen molar-refractivity contribution < 1.29 is 8.42 Å². The molecular formula is C11H15Cl2NO2S. The van der Waals surface area contributed by atoms with E-state index in [1.165, 1.54) is 10.4 Å². The van der Waals surface area contributed by atoms with E-state index in [1.807, 2.05) is 0 Å². The molecule has 0 unspecified atom stereocenters. The largest absolute Gasteiger partial charge is 0.244 e. The van der Waals surface area contributed by atoms with Gasteiger partial charge in [-0.25, -0.2) is 8.42 Å². The highest BCUT2D eigenvalue weighted by molar-refractivity contribution is 7.89. The summed E-state index contributed by atoms with van der Waals surface area (Å²) in [6.07, 6.45) is 0. The molecule has 1 aromatic rings. The topological polar surface area (TPSA) is 37.4 Å². The first-order chi connectivity index (χ1) is 7.86. The van der Waals surface area contributed by atoms with Crippen LogP contribution in [0.15, 0.2) is 17.0 Å². The van der Waals surface area contributed by atoms with Crippen molar-refractivity contribution >= 4 is 33.2 Å². The molecule has 3 nitrogen and oxygen atoms in total. The molecule has 0 atom stereocenters. The van der Waals surface area contributed by atoms with Gasteiger partial charge >= 0.3 is 0 Å². The second-order valence-electron chi connectivity index (χ2n) is 3.57. The maximum absolute atomic E-state index is 12.3. The predicted molar refractivity (Wildman–Crippen MR) is 71.3 cm³/mol. The van der Waals surface area contributed by atoms with Crippen molar-refractivity contribution in [2.75, 3.05) is 13.1 Å². The van der Waals surface area contributed by atoms with Gasteiger partial charge in [-0.1, -0.05) is 37.0 Å². The molecule has 6 heteroatoms. The Morgan fingerprint density at radius 2 is 1.71 bits per heavy atom. The second-order valence-corrected chi connectivity index (χ2v) is 6.27. The highest BCUT2D eigenvalue weighted by atomic mass is 35.5. The third-order valence-corrected chi connectivity index (χ3v) is 5.71. The van der Waals surface area contributed by atoms with Gasteiger partial charge in [0, 0.05) is 18.1 Å². The summed E-state index contributed by atoms with van der Waals surface area (Å²) >= 11 is 11.9. The van der Waals surface area contributed by atoms with Crippen molar-refractivity contribution in [2.45, 2.75) is 25.7 Å². The van der Waals surface area contributed by atoms with E-state index in [0.717, 1.165) is 0 Å². The maximum Gasteiger partial charge on any atom is 0.244 e. The molecule has 0 saturated heterocycles. The fourth-order valence-electron chi connectivity index (χ4n) is 1.54. The van der Waals surface area contributed by atoms with Crippen LogP contribution in [0.4, 0.5) is 0 Å². The normalized spacial score (nSPS) is 12.1. The Kier molecular flexibility index (Phi) is 4.84. The van der Waals surface area contributed by atoms with Crippen LogP contribution in [0.5, 0.6) is 0 Å². The summed E-state index contributed by atoms with van der Waals surface area (Å²) < 4.78 is 25.9. The van der Waals surface area contributed by atoms with E-state index in [2.05, 4.69) is 0 Å². The zero-order valence-electron chi connectivity index (χ0n) is 10.00. The molecular weight excluding hydrogens is 281 g/mol. The summed E-state index contributed by atoms with van der Waals surface area (Å²) in [5, 5.41) is 0.665. The van der Waals surface area contributed by atoms with E-state index in [4.69, 9.17) is 23.2 Å². The third-order valence-electron chi connectivity index (χ3n) is 2.61. The van der Waals surface area contributed by atoms with Gasteiger partial charge in [0.2, 0.25) is 10.0 Å². The zero-order valence-corrected chi connectivity index (χ0v) is 12.3. The first kappa shape index (κ1) is 14.8. The summed E-state index contributed by atoms with van der Waals surface area (Å²) in [5.41, 5.74) is 0.585. The Labute approximate surface area is 112 Å². The fraction of sp³-hybridized carbons (Fsp3) is 0.455. The number of rotatable bonds is 4. The lowest BCUT2D eigenvalue weighted by molar-refractivity contribution is 0.445. The molecule has 0 fully saturated rings. The second kappa shape index (κ2) is 5.57. The van der Waals surface area contributed by atoms with Crippen molar-refractivity contribution in [3.05, 3.63) is 27.7 Å². The number of nitrogens with zero attached hydrogens (tertiary/aromatic N) is 1. The van der Waals surface area contributed by atoms with E-state index in [0.29, 0.717) is 23.7 Å². The number of sulfonamides is 1. The minimum absolute atomic E-state index is 0.116. The number of halogens is 2. The number of benzene rings is 1. The molecule has 0 radical (unpaired) electrons. The van der Waals surface area contributed by atoms with Gasteiger partial charge in [-0.15, -0.1) is 0 Å². The van der Waals surface area contributed by atoms with Crippen molar-refractivity contribution in [1.29, 1.82) is 0 Å². The zero-order chi connectivity index (χ0) is 13.2. The van der Waals surface area contributed by atoms with Gasteiger partial charge in [0.05, 0.1) is 5.02 Å². The minimum Gasteiger partial charge on any atom is -0.207 e. The molecule has 96 valence electrons. The molecule has 1 rings (SSSR count). The molecule has 0 amide bonds. The number of hydrogen-bond acceptors (Lipinski definition) is 2. The molecule has 0 aromatic heterocycles. The summed E-state index contributed by atoms with van der Waals surface area (Å²) in [5.74, 6) is 0. The first-order valence-electron chi connectivity index (χ1n) is 5.31. The quantitative estimate of drug-likeness (QED) is 0.854. The molecule has 0 aliphatic rings. The molecule has 0 saturated carbocycles. The van der Waals surface area contributed by atoms with E-state index in [-0.39, 0.29) is 9.92 Å². The standard InChI is InChI=1S/C11H15Cl2NO2S/c1-4-14(5-2)17(15,16)10-7-6-9(12)8(3)11(10)13/h6-7H,4-5H2,1-3H3. The van der Waals surface area contributed by atoms with Crippen LogP contribution in [0.3, 0.4) is 0 Å². The van der Waals surface area contributed by atoms with Crippen LogP contribution in [0.25, 0.3) is 0 Å². The molecule has 0 bridgehead atoms. The Morgan fingerprint density at radius 3 is 2.18 bits per heavy atom. The highest BCUT2D eigenvalue weighted by Gasteiger charge is 2.25. The van der Waals surface area contributed by atoms with Crippen molar-refractivity contribution in [3.63, 3.8) is 0 Å². The molecule has 0 spiro atoms. The molecule has 1 aromatic carbocycles. The molecule has 17 heavy (non-hydrogen) atoms. The predicted octanol–water partition coefficient (Wildman–Crippen LogP) is 3.33. The van der Waals surface area contributed by atoms with Gasteiger partial charge < -0.3 is 0 Å². The van der Waals surface area contributed by atoms with Crippen molar-refractivity contribution in [1.82, 2.24) is 4.31 Å². The van der Waals surface area contributed by atoms with Crippen LogP contribution in [0.2, 0.25) is 10.0 Å². The van der Waals surface area contributed by atoms with Crippen LogP contribution in [-0.2, 0) is 10.0 Å². The van der Waals surface area contributed by atoms with Crippen molar-refractivity contribution in [3.8, 4) is 0 Å². The first-order valence-corrected chi connectivity index (χ1v) is 7.50. The van der Waals surface area contributed by atoms with Crippen LogP contribution < -0.4 is 0 Å². The van der Waals surface area contributed by atoms with Crippen molar-refractivity contribution in [2.24, 2.45) is 0 Å². The van der Waals surface area contributed by atoms with Gasteiger partial charge in [0.1, 0.15) is 4.90 Å². The van der Waals surface area contributed by atoms with Gasteiger partial charge in [0.15, 0.2) is 0 Å².